The molecule has 0 bridgehead atoms. The molecule has 0 saturated carbocycles. The van der Waals surface area contributed by atoms with E-state index in [4.69, 9.17) is 0 Å². The minimum Gasteiger partial charge on any atom is -0.477 e. The largest absolute Gasteiger partial charge is 0.477 e. The minimum atomic E-state index is -1.42. The normalized spacial score (nSPS) is 13.6. The van der Waals surface area contributed by atoms with E-state index in [-0.39, 0.29) is 23.5 Å². The van der Waals surface area contributed by atoms with Gasteiger partial charge in [-0.25, -0.2) is 4.79 Å². The number of likely N-dealkylation sites (N-methyl/N-ethyl adjacent to an activating group) is 1. The number of aryl methyl sites for hydroxylation is 1. The zero-order chi connectivity index (χ0) is 17.3. The number of rotatable bonds is 5. The molecule has 0 aromatic carbocycles. The van der Waals surface area contributed by atoms with E-state index in [0.717, 1.165) is 6.20 Å². The second-order valence-corrected chi connectivity index (χ2v) is 5.08. The summed E-state index contributed by atoms with van der Waals surface area (Å²) < 4.78 is 1.34. The van der Waals surface area contributed by atoms with Crippen LogP contribution in [0, 0.1) is 0 Å². The highest BCUT2D eigenvalue weighted by Gasteiger charge is 2.34. The number of carbonyl (C=O) groups excluding carboxylic acids is 2. The number of aromatic nitrogens is 1. The maximum atomic E-state index is 12.7. The van der Waals surface area contributed by atoms with Gasteiger partial charge in [0.15, 0.2) is 0 Å². The summed E-state index contributed by atoms with van der Waals surface area (Å²) in [6.07, 6.45) is 2.34. The quantitative estimate of drug-likeness (QED) is 0.875. The Morgan fingerprint density at radius 2 is 1.78 bits per heavy atom. The number of ketones is 2. The second kappa shape index (κ2) is 6.20. The Kier molecular flexibility index (Phi) is 4.49. The molecule has 1 heterocycles. The van der Waals surface area contributed by atoms with Gasteiger partial charge in [-0.2, -0.15) is 0 Å². The molecule has 0 radical (unpaired) electrons. The monoisotopic (exact) mass is 318 g/mol. The van der Waals surface area contributed by atoms with Gasteiger partial charge in [-0.15, -0.1) is 0 Å². The van der Waals surface area contributed by atoms with E-state index >= 15 is 0 Å². The Bertz CT molecular complexity index is 784. The van der Waals surface area contributed by atoms with Gasteiger partial charge in [0.05, 0.1) is 5.70 Å². The van der Waals surface area contributed by atoms with Crippen molar-refractivity contribution in [2.75, 3.05) is 13.1 Å². The predicted molar refractivity (Wildman–Crippen MR) is 83.0 cm³/mol. The fourth-order valence-corrected chi connectivity index (χ4v) is 2.73. The maximum Gasteiger partial charge on any atom is 0.341 e. The Balaban J connectivity index is 2.79. The van der Waals surface area contributed by atoms with Gasteiger partial charge in [-0.1, -0.05) is 0 Å². The van der Waals surface area contributed by atoms with E-state index < -0.39 is 28.5 Å². The van der Waals surface area contributed by atoms with E-state index in [0.29, 0.717) is 13.1 Å². The molecule has 0 saturated heterocycles. The van der Waals surface area contributed by atoms with Crippen molar-refractivity contribution in [3.63, 3.8) is 0 Å². The van der Waals surface area contributed by atoms with Gasteiger partial charge < -0.3 is 14.6 Å². The lowest BCUT2D eigenvalue weighted by Crippen LogP contribution is -2.38. The number of hydrogen-bond donors (Lipinski definition) is 1. The van der Waals surface area contributed by atoms with Gasteiger partial charge >= 0.3 is 5.97 Å². The molecular formula is C16H18N2O5. The van der Waals surface area contributed by atoms with E-state index in [2.05, 4.69) is 0 Å². The van der Waals surface area contributed by atoms with Crippen molar-refractivity contribution in [3.05, 3.63) is 45.0 Å². The molecule has 1 aromatic heterocycles. The van der Waals surface area contributed by atoms with Gasteiger partial charge in [-0.3, -0.25) is 14.4 Å². The first-order chi connectivity index (χ1) is 10.9. The highest BCUT2D eigenvalue weighted by molar-refractivity contribution is 6.23. The third-order valence-electron chi connectivity index (χ3n) is 3.92. The fraction of sp³-hybridized carbons (Fsp3) is 0.375. The number of Topliss-reactive ketones (excluding diaryl/α,β-unsaturated/α-hetero) is 1. The summed E-state index contributed by atoms with van der Waals surface area (Å²) in [7, 11) is 0. The molecule has 0 aliphatic heterocycles. The van der Waals surface area contributed by atoms with Crippen molar-refractivity contribution in [3.8, 4) is 0 Å². The van der Waals surface area contributed by atoms with Crippen molar-refractivity contribution in [1.29, 1.82) is 0 Å². The van der Waals surface area contributed by atoms with E-state index in [1.807, 2.05) is 13.8 Å². The average Bonchev–Trinajstić information content (AvgIpc) is 2.52. The molecule has 1 aliphatic carbocycles. The number of fused-ring (bicyclic) bond motifs is 1. The van der Waals surface area contributed by atoms with Crippen LogP contribution < -0.4 is 5.43 Å². The lowest BCUT2D eigenvalue weighted by Gasteiger charge is -2.27. The topological polar surface area (TPSA) is 96.7 Å². The van der Waals surface area contributed by atoms with Crippen LogP contribution >= 0.6 is 0 Å². The summed E-state index contributed by atoms with van der Waals surface area (Å²) in [5, 5.41) is 9.17. The summed E-state index contributed by atoms with van der Waals surface area (Å²) in [4.78, 5) is 50.5. The van der Waals surface area contributed by atoms with E-state index in [9.17, 15) is 24.3 Å². The first kappa shape index (κ1) is 16.7. The summed E-state index contributed by atoms with van der Waals surface area (Å²) >= 11 is 0. The van der Waals surface area contributed by atoms with Crippen LogP contribution in [0.3, 0.4) is 0 Å². The SMILES string of the molecule is CCN(CC)C1=CC(=O)c2c(c(=O)c(C(=O)O)cn2CC)C1=O. The summed E-state index contributed by atoms with van der Waals surface area (Å²) in [5.41, 5.74) is -1.67. The number of nitrogens with zero attached hydrogens (tertiary/aromatic N) is 2. The first-order valence-electron chi connectivity index (χ1n) is 7.43. The Morgan fingerprint density at radius 1 is 1.17 bits per heavy atom. The molecule has 122 valence electrons. The van der Waals surface area contributed by atoms with Crippen molar-refractivity contribution < 1.29 is 19.5 Å². The molecule has 0 atom stereocenters. The van der Waals surface area contributed by atoms with Crippen LogP contribution in [0.5, 0.6) is 0 Å². The smallest absolute Gasteiger partial charge is 0.341 e. The minimum absolute atomic E-state index is 0.0385. The lowest BCUT2D eigenvalue weighted by molar-refractivity contribution is 0.0693. The molecule has 1 aromatic rings. The summed E-state index contributed by atoms with van der Waals surface area (Å²) in [6, 6.07) is 0. The van der Waals surface area contributed by atoms with Gasteiger partial charge in [0.25, 0.3) is 0 Å². The number of aromatic carboxylic acids is 1. The molecule has 0 fully saturated rings. The molecule has 1 aliphatic rings. The Morgan fingerprint density at radius 3 is 2.26 bits per heavy atom. The summed E-state index contributed by atoms with van der Waals surface area (Å²) in [6.45, 7) is 6.63. The molecule has 23 heavy (non-hydrogen) atoms. The number of carbonyl (C=O) groups is 3. The molecule has 0 unspecified atom stereocenters. The Hall–Kier alpha value is -2.70. The number of pyridine rings is 1. The van der Waals surface area contributed by atoms with Crippen LogP contribution in [0.25, 0.3) is 0 Å². The number of allylic oxidation sites excluding steroid dienone is 2. The zero-order valence-corrected chi connectivity index (χ0v) is 13.3. The predicted octanol–water partition coefficient (Wildman–Crippen LogP) is 1.17. The van der Waals surface area contributed by atoms with Gasteiger partial charge in [-0.05, 0) is 20.8 Å². The van der Waals surface area contributed by atoms with Crippen LogP contribution in [-0.2, 0) is 6.54 Å². The van der Waals surface area contributed by atoms with Crippen molar-refractivity contribution >= 4 is 17.5 Å². The molecule has 7 heteroatoms. The lowest BCUT2D eigenvalue weighted by atomic mass is 9.93. The van der Waals surface area contributed by atoms with E-state index in [1.165, 1.54) is 10.6 Å². The fourth-order valence-electron chi connectivity index (χ4n) is 2.73. The molecule has 7 nitrogen and oxygen atoms in total. The van der Waals surface area contributed by atoms with Crippen molar-refractivity contribution in [2.24, 2.45) is 0 Å². The molecule has 2 rings (SSSR count). The number of carboxylic acid groups (broad SMARTS) is 1. The second-order valence-electron chi connectivity index (χ2n) is 5.08. The van der Waals surface area contributed by atoms with Crippen LogP contribution in [0.2, 0.25) is 0 Å². The van der Waals surface area contributed by atoms with Crippen molar-refractivity contribution in [2.45, 2.75) is 27.3 Å². The van der Waals surface area contributed by atoms with Crippen LogP contribution in [0.4, 0.5) is 0 Å². The maximum absolute atomic E-state index is 12.7. The molecular weight excluding hydrogens is 300 g/mol. The number of hydrogen-bond acceptors (Lipinski definition) is 5. The van der Waals surface area contributed by atoms with Gasteiger partial charge in [0.1, 0.15) is 16.8 Å². The van der Waals surface area contributed by atoms with Crippen LogP contribution in [0.15, 0.2) is 22.8 Å². The average molecular weight is 318 g/mol. The van der Waals surface area contributed by atoms with Gasteiger partial charge in [0.2, 0.25) is 17.0 Å². The summed E-state index contributed by atoms with van der Waals surface area (Å²) in [5.74, 6) is -2.48. The zero-order valence-electron chi connectivity index (χ0n) is 13.3. The first-order valence-corrected chi connectivity index (χ1v) is 7.43. The molecule has 0 amide bonds. The highest BCUT2D eigenvalue weighted by Crippen LogP contribution is 2.22. The van der Waals surface area contributed by atoms with Crippen molar-refractivity contribution in [1.82, 2.24) is 9.47 Å². The third-order valence-corrected chi connectivity index (χ3v) is 3.92. The van der Waals surface area contributed by atoms with Crippen LogP contribution in [0.1, 0.15) is 52.0 Å². The van der Waals surface area contributed by atoms with E-state index in [1.54, 1.807) is 11.8 Å². The highest BCUT2D eigenvalue weighted by atomic mass is 16.4. The van der Waals surface area contributed by atoms with Crippen LogP contribution in [-0.4, -0.2) is 45.2 Å². The molecule has 0 spiro atoms. The van der Waals surface area contributed by atoms with Gasteiger partial charge in [0, 0.05) is 31.9 Å². The standard InChI is InChI=1S/C16H18N2O5/c1-4-17(5-2)10-7-11(19)13-12(15(10)21)14(20)9(16(22)23)8-18(13)6-3/h7-8H,4-6H2,1-3H3,(H,22,23). The Labute approximate surface area is 132 Å². The number of carboxylic acids is 1. The third kappa shape index (κ3) is 2.58. The molecule has 1 N–H and O–H groups in total.